The van der Waals surface area contributed by atoms with Gasteiger partial charge in [-0.3, -0.25) is 4.90 Å². The molecular formula is C20H23N3OS2. The lowest BCUT2D eigenvalue weighted by Gasteiger charge is -2.33. The first-order valence-corrected chi connectivity index (χ1v) is 11.3. The highest BCUT2D eigenvalue weighted by atomic mass is 32.2. The smallest absolute Gasteiger partial charge is 0.126 e. The fraction of sp³-hybridized carbons (Fsp3) is 0.350. The molecule has 0 saturated carbocycles. The maximum absolute atomic E-state index is 12.3. The standard InChI is InChI=1S/C20H23N3OS2/c1-4-22-11-10-17-18(15-8-6-5-7-9-15)12-16(13-21)20(19(17)14-22)23(25-2)26(3)24/h5-9,12H,4,10-11,14H2,1-3H3. The van der Waals surface area contributed by atoms with E-state index in [1.54, 1.807) is 9.97 Å². The quantitative estimate of drug-likeness (QED) is 0.731. The molecule has 0 radical (unpaired) electrons. The van der Waals surface area contributed by atoms with Gasteiger partial charge in [-0.25, -0.2) is 7.92 Å². The summed E-state index contributed by atoms with van der Waals surface area (Å²) in [4.78, 5) is 2.37. The van der Waals surface area contributed by atoms with Crippen LogP contribution < -0.4 is 3.71 Å². The summed E-state index contributed by atoms with van der Waals surface area (Å²) >= 11 is 1.41. The molecule has 3 rings (SSSR count). The van der Waals surface area contributed by atoms with E-state index in [0.29, 0.717) is 5.56 Å². The molecule has 2 aromatic rings. The Bertz CT molecular complexity index is 862. The highest BCUT2D eigenvalue weighted by molar-refractivity contribution is 8.11. The summed E-state index contributed by atoms with van der Waals surface area (Å²) in [6, 6.07) is 14.6. The molecule has 0 N–H and O–H groups in total. The number of benzene rings is 2. The number of likely N-dealkylation sites (N-methyl/N-ethyl adjacent to an activating group) is 1. The van der Waals surface area contributed by atoms with Crippen LogP contribution in [0.15, 0.2) is 36.4 Å². The highest BCUT2D eigenvalue weighted by Crippen LogP contribution is 2.41. The molecule has 2 aromatic carbocycles. The van der Waals surface area contributed by atoms with Crippen LogP contribution in [-0.2, 0) is 24.0 Å². The van der Waals surface area contributed by atoms with Crippen molar-refractivity contribution < 1.29 is 4.21 Å². The maximum Gasteiger partial charge on any atom is 0.126 e. The number of hydrogen-bond donors (Lipinski definition) is 0. The van der Waals surface area contributed by atoms with Crippen molar-refractivity contribution in [3.8, 4) is 17.2 Å². The van der Waals surface area contributed by atoms with Gasteiger partial charge in [0.2, 0.25) is 0 Å². The molecule has 1 aliphatic rings. The first-order valence-electron chi connectivity index (χ1n) is 8.65. The van der Waals surface area contributed by atoms with E-state index in [1.165, 1.54) is 17.5 Å². The van der Waals surface area contributed by atoms with Crippen LogP contribution in [0.1, 0.15) is 23.6 Å². The Balaban J connectivity index is 2.29. The van der Waals surface area contributed by atoms with E-state index in [4.69, 9.17) is 0 Å². The van der Waals surface area contributed by atoms with E-state index in [1.807, 2.05) is 30.5 Å². The molecule has 1 heterocycles. The molecule has 6 heteroatoms. The van der Waals surface area contributed by atoms with Gasteiger partial charge in [0.1, 0.15) is 17.1 Å². The third-order valence-electron chi connectivity index (χ3n) is 4.81. The molecule has 0 aliphatic carbocycles. The summed E-state index contributed by atoms with van der Waals surface area (Å²) in [6.45, 7) is 4.90. The molecule has 0 bridgehead atoms. The van der Waals surface area contributed by atoms with Gasteiger partial charge < -0.3 is 0 Å². The van der Waals surface area contributed by atoms with Crippen LogP contribution in [0.25, 0.3) is 11.1 Å². The van der Waals surface area contributed by atoms with Gasteiger partial charge in [-0.2, -0.15) is 5.26 Å². The predicted molar refractivity (Wildman–Crippen MR) is 111 cm³/mol. The summed E-state index contributed by atoms with van der Waals surface area (Å²) in [5.74, 6) is 0. The minimum atomic E-state index is -1.20. The molecule has 136 valence electrons. The van der Waals surface area contributed by atoms with E-state index < -0.39 is 11.0 Å². The third-order valence-corrected chi connectivity index (χ3v) is 7.05. The van der Waals surface area contributed by atoms with Crippen LogP contribution in [0.5, 0.6) is 0 Å². The number of nitrogens with zero attached hydrogens (tertiary/aromatic N) is 3. The van der Waals surface area contributed by atoms with Gasteiger partial charge in [0.15, 0.2) is 0 Å². The van der Waals surface area contributed by atoms with Gasteiger partial charge in [0, 0.05) is 25.6 Å². The molecule has 0 spiro atoms. The number of anilines is 1. The molecule has 1 aliphatic heterocycles. The van der Waals surface area contributed by atoms with Gasteiger partial charge >= 0.3 is 0 Å². The molecule has 0 saturated heterocycles. The Morgan fingerprint density at radius 2 is 2.04 bits per heavy atom. The molecular weight excluding hydrogens is 362 g/mol. The average molecular weight is 386 g/mol. The van der Waals surface area contributed by atoms with Crippen molar-refractivity contribution in [3.05, 3.63) is 53.1 Å². The van der Waals surface area contributed by atoms with Crippen LogP contribution in [0.3, 0.4) is 0 Å². The van der Waals surface area contributed by atoms with Crippen molar-refractivity contribution in [1.82, 2.24) is 4.90 Å². The van der Waals surface area contributed by atoms with Crippen LogP contribution in [0.4, 0.5) is 5.69 Å². The SMILES string of the molecule is CCN1CCc2c(-c3ccccc3)cc(C#N)c(N(SC)S(C)=O)c2C1. The summed E-state index contributed by atoms with van der Waals surface area (Å²) in [5.41, 5.74) is 6.07. The Morgan fingerprint density at radius 1 is 1.31 bits per heavy atom. The van der Waals surface area contributed by atoms with Gasteiger partial charge in [-0.1, -0.05) is 37.3 Å². The molecule has 26 heavy (non-hydrogen) atoms. The Hall–Kier alpha value is -1.81. The molecule has 0 amide bonds. The number of rotatable bonds is 5. The topological polar surface area (TPSA) is 47.3 Å². The first kappa shape index (κ1) is 19.0. The lowest BCUT2D eigenvalue weighted by molar-refractivity contribution is 0.269. The third kappa shape index (κ3) is 3.52. The van der Waals surface area contributed by atoms with Crippen molar-refractivity contribution in [2.24, 2.45) is 0 Å². The van der Waals surface area contributed by atoms with Gasteiger partial charge in [-0.05, 0) is 53.2 Å². The Morgan fingerprint density at radius 3 is 2.62 bits per heavy atom. The predicted octanol–water partition coefficient (Wildman–Crippen LogP) is 3.98. The van der Waals surface area contributed by atoms with E-state index in [9.17, 15) is 9.47 Å². The molecule has 1 atom stereocenters. The van der Waals surface area contributed by atoms with Crippen molar-refractivity contribution in [1.29, 1.82) is 5.26 Å². The number of hydrogen-bond acceptors (Lipinski definition) is 4. The summed E-state index contributed by atoms with van der Waals surface area (Å²) in [5, 5.41) is 9.84. The monoisotopic (exact) mass is 385 g/mol. The van der Waals surface area contributed by atoms with E-state index in [-0.39, 0.29) is 0 Å². The zero-order valence-corrected chi connectivity index (χ0v) is 17.0. The highest BCUT2D eigenvalue weighted by Gasteiger charge is 2.28. The average Bonchev–Trinajstić information content (AvgIpc) is 2.68. The Labute approximate surface area is 162 Å². The largest absolute Gasteiger partial charge is 0.299 e. The summed E-state index contributed by atoms with van der Waals surface area (Å²) < 4.78 is 14.1. The lowest BCUT2D eigenvalue weighted by atomic mass is 9.87. The normalized spacial score (nSPS) is 15.2. The van der Waals surface area contributed by atoms with Crippen LogP contribution in [0.2, 0.25) is 0 Å². The Kier molecular flexibility index (Phi) is 6.02. The van der Waals surface area contributed by atoms with E-state index in [0.717, 1.165) is 48.4 Å². The second kappa shape index (κ2) is 8.26. The second-order valence-corrected chi connectivity index (χ2v) is 8.41. The fourth-order valence-electron chi connectivity index (χ4n) is 3.56. The zero-order valence-electron chi connectivity index (χ0n) is 15.4. The van der Waals surface area contributed by atoms with Crippen molar-refractivity contribution in [3.63, 3.8) is 0 Å². The lowest BCUT2D eigenvalue weighted by Crippen LogP contribution is -2.32. The van der Waals surface area contributed by atoms with Crippen LogP contribution in [0, 0.1) is 11.3 Å². The molecule has 0 fully saturated rings. The van der Waals surface area contributed by atoms with E-state index >= 15 is 0 Å². The molecule has 4 nitrogen and oxygen atoms in total. The van der Waals surface area contributed by atoms with Crippen molar-refractivity contribution in [2.45, 2.75) is 19.9 Å². The fourth-order valence-corrected chi connectivity index (χ4v) is 5.26. The first-order chi connectivity index (χ1) is 12.6. The van der Waals surface area contributed by atoms with Gasteiger partial charge in [-0.15, -0.1) is 0 Å². The minimum Gasteiger partial charge on any atom is -0.299 e. The zero-order chi connectivity index (χ0) is 18.7. The number of nitriles is 1. The van der Waals surface area contributed by atoms with Gasteiger partial charge in [0.05, 0.1) is 11.3 Å². The van der Waals surface area contributed by atoms with Gasteiger partial charge in [0.25, 0.3) is 0 Å². The maximum atomic E-state index is 12.3. The van der Waals surface area contributed by atoms with Crippen molar-refractivity contribution in [2.75, 3.05) is 29.3 Å². The minimum absolute atomic E-state index is 0.588. The van der Waals surface area contributed by atoms with Crippen LogP contribution in [-0.4, -0.2) is 34.7 Å². The van der Waals surface area contributed by atoms with Crippen LogP contribution >= 0.6 is 11.9 Å². The second-order valence-electron chi connectivity index (χ2n) is 6.24. The van der Waals surface area contributed by atoms with Crippen molar-refractivity contribution >= 4 is 28.6 Å². The summed E-state index contributed by atoms with van der Waals surface area (Å²) in [7, 11) is -1.20. The molecule has 0 aromatic heterocycles. The number of fused-ring (bicyclic) bond motifs is 1. The van der Waals surface area contributed by atoms with E-state index in [2.05, 4.69) is 30.0 Å². The molecule has 1 unspecified atom stereocenters. The summed E-state index contributed by atoms with van der Waals surface area (Å²) in [6.07, 6.45) is 4.50.